The molecule has 0 saturated heterocycles. The van der Waals surface area contributed by atoms with Gasteiger partial charge in [0.2, 0.25) is 0 Å². The molecule has 8 aliphatic carbocycles. The summed E-state index contributed by atoms with van der Waals surface area (Å²) in [4.78, 5) is 37.6. The molecule has 13 rings (SSSR count). The van der Waals surface area contributed by atoms with E-state index in [2.05, 4.69) is 98.0 Å². The quantitative estimate of drug-likeness (QED) is 0.0845. The molecule has 8 aliphatic rings. The van der Waals surface area contributed by atoms with Gasteiger partial charge in [0.25, 0.3) is 0 Å². The summed E-state index contributed by atoms with van der Waals surface area (Å²) < 4.78 is 17.1. The minimum Gasteiger partial charge on any atom is -0.469 e. The smallest absolute Gasteiger partial charge is 0.328 e. The fourth-order valence-electron chi connectivity index (χ4n) is 22.5. The van der Waals surface area contributed by atoms with E-state index in [4.69, 9.17) is 20.3 Å². The van der Waals surface area contributed by atoms with E-state index in [1.165, 1.54) is 84.2 Å². The van der Waals surface area contributed by atoms with Gasteiger partial charge in [-0.05, 0) is 240 Å². The zero-order chi connectivity index (χ0) is 59.4. The summed E-state index contributed by atoms with van der Waals surface area (Å²) in [6.07, 6.45) is 28.1. The highest BCUT2D eigenvalue weighted by Gasteiger charge is 2.63. The highest BCUT2D eigenvalue weighted by atomic mass is 16.5. The fraction of sp³-hybridized carbons (Fsp3) is 0.732. The summed E-state index contributed by atoms with van der Waals surface area (Å²) in [6, 6.07) is 12.9. The lowest BCUT2D eigenvalue weighted by Crippen LogP contribution is -2.56. The Kier molecular flexibility index (Phi) is 15.7. The summed E-state index contributed by atoms with van der Waals surface area (Å²) >= 11 is 0. The normalized spacial score (nSPS) is 37.5. The molecule has 85 heavy (non-hydrogen) atoms. The molecule has 0 bridgehead atoms. The molecule has 3 N–H and O–H groups in total. The molecule has 14 unspecified atom stereocenters. The number of esters is 2. The van der Waals surface area contributed by atoms with Gasteiger partial charge in [-0.1, -0.05) is 76.2 Å². The number of ketones is 1. The second-order valence-electron chi connectivity index (χ2n) is 30.9. The second-order valence-corrected chi connectivity index (χ2v) is 30.9. The van der Waals surface area contributed by atoms with Crippen LogP contribution in [-0.2, 0) is 43.5 Å². The third kappa shape index (κ3) is 10.3. The third-order valence-corrected chi connectivity index (χ3v) is 26.9. The minimum atomic E-state index is -0.835. The molecule has 3 aromatic heterocycles. The summed E-state index contributed by atoms with van der Waals surface area (Å²) in [5, 5.41) is 33.0. The Hall–Kier alpha value is -4.95. The molecular weight excluding hydrogens is 1060 g/mol. The van der Waals surface area contributed by atoms with Crippen LogP contribution in [0.4, 0.5) is 0 Å². The maximum absolute atomic E-state index is 13.7. The van der Waals surface area contributed by atoms with Gasteiger partial charge in [-0.15, -0.1) is 10.2 Å². The zero-order valence-electron chi connectivity index (χ0n) is 52.7. The van der Waals surface area contributed by atoms with Gasteiger partial charge in [0.15, 0.2) is 0 Å². The van der Waals surface area contributed by atoms with Gasteiger partial charge in [-0.3, -0.25) is 9.59 Å². The maximum Gasteiger partial charge on any atom is 0.328 e. The van der Waals surface area contributed by atoms with Crippen LogP contribution in [0, 0.1) is 92.7 Å². The Morgan fingerprint density at radius 1 is 0.647 bits per heavy atom. The number of carbonyl (C=O) groups is 3. The van der Waals surface area contributed by atoms with E-state index < -0.39 is 5.60 Å². The fourth-order valence-corrected chi connectivity index (χ4v) is 22.5. The number of nitrogens with two attached hydrogens (primary N) is 1. The highest BCUT2D eigenvalue weighted by Crippen LogP contribution is 2.71. The van der Waals surface area contributed by atoms with Gasteiger partial charge in [-0.25, -0.2) is 9.36 Å². The van der Waals surface area contributed by atoms with E-state index in [-0.39, 0.29) is 30.0 Å². The summed E-state index contributed by atoms with van der Waals surface area (Å²) in [6.45, 7) is 18.5. The molecular formula is C71H100N8O6. The number of fused-ring (bicyclic) bond motifs is 13. The molecule has 2 aromatic carbocycles. The van der Waals surface area contributed by atoms with Crippen LogP contribution < -0.4 is 5.73 Å². The number of carbonyl (C=O) groups excluding carboxylic acids is 3. The Balaban J connectivity index is 0.628. The lowest BCUT2D eigenvalue weighted by atomic mass is 9.43. The first-order valence-corrected chi connectivity index (χ1v) is 33.8. The average molecular weight is 1160 g/mol. The van der Waals surface area contributed by atoms with Crippen LogP contribution in [0.25, 0.3) is 44.3 Å². The topological polar surface area (TPSA) is 182 Å². The van der Waals surface area contributed by atoms with E-state index in [0.29, 0.717) is 89.3 Å². The maximum atomic E-state index is 13.7. The summed E-state index contributed by atoms with van der Waals surface area (Å²) in [5.74, 6) is 8.14. The van der Waals surface area contributed by atoms with Crippen molar-refractivity contribution in [2.24, 2.45) is 98.4 Å². The van der Waals surface area contributed by atoms with Crippen molar-refractivity contribution in [2.45, 2.75) is 221 Å². The van der Waals surface area contributed by atoms with E-state index >= 15 is 0 Å². The van der Waals surface area contributed by atoms with E-state index in [9.17, 15) is 19.5 Å². The van der Waals surface area contributed by atoms with Crippen molar-refractivity contribution in [3.63, 3.8) is 0 Å². The molecule has 8 saturated carbocycles. The van der Waals surface area contributed by atoms with E-state index in [1.807, 2.05) is 17.1 Å². The number of aliphatic hydroxyl groups is 1. The lowest BCUT2D eigenvalue weighted by molar-refractivity contribution is -0.163. The van der Waals surface area contributed by atoms with Gasteiger partial charge in [0, 0.05) is 58.9 Å². The van der Waals surface area contributed by atoms with Crippen LogP contribution in [0.3, 0.4) is 0 Å². The largest absolute Gasteiger partial charge is 0.469 e. The standard InChI is InChI=1S/C71H100N8O6/c1-43(9-11-45(3)80)55-20-22-57-53-18-14-48-37-50(25-28-67(48,4)59(53)26-29-69(55,57)6)85-66(82)41-77-39-61(73-75-77)46-12-16-51-52-17-13-47(36-64(52)79(34-33-72)63(51)35-46)62-40-78(76-74-62)42-71(83)32-31-68(5)49(38-71)15-19-54-58-23-21-56(44(2)10-24-65(81)84-8)70(58,7)30-27-60(54)68/h12-13,16-17,35-36,39-40,43-44,48-50,53-60,83H,9-11,14-15,18-34,37-38,41-42,72H2,1-8H3/t43-,44-,48-,49?,50-,53?,54?,55?,56?,57?,58?,59?,60?,67?,68?,69?,70?,71?/m1/s1. The van der Waals surface area contributed by atoms with Crippen LogP contribution in [0.2, 0.25) is 0 Å². The molecule has 0 aliphatic heterocycles. The molecule has 14 nitrogen and oxygen atoms in total. The Bertz CT molecular complexity index is 3310. The molecule has 3 heterocycles. The van der Waals surface area contributed by atoms with E-state index in [0.717, 1.165) is 132 Å². The highest BCUT2D eigenvalue weighted by molar-refractivity contribution is 6.10. The van der Waals surface area contributed by atoms with Crippen molar-refractivity contribution in [2.75, 3.05) is 13.7 Å². The van der Waals surface area contributed by atoms with Crippen molar-refractivity contribution in [3.05, 3.63) is 48.8 Å². The van der Waals surface area contributed by atoms with Gasteiger partial charge in [0.1, 0.15) is 29.8 Å². The SMILES string of the molecule is COC(=O)CC[C@@H](C)C1CCC2C3CCC4CC(O)(Cn5cc(-c6ccc7c8ccc(-c9cn(CC(=O)O[C@@H]%10CCC%11(C)C%12CCC%13(C)C(CCC%13[C@H](C)CCC(C)=O)C%12CC[C@@H]%11C%10)nn9)cc8n(CCN)c7c6)nn5)CCC4(C)C3CCC21C. The van der Waals surface area contributed by atoms with Crippen LogP contribution in [0.1, 0.15) is 190 Å². The third-order valence-electron chi connectivity index (χ3n) is 26.9. The molecule has 18 atom stereocenters. The molecule has 0 radical (unpaired) electrons. The van der Waals surface area contributed by atoms with Crippen molar-refractivity contribution < 1.29 is 29.0 Å². The number of benzene rings is 2. The second kappa shape index (κ2) is 22.6. The van der Waals surface area contributed by atoms with Gasteiger partial charge in [-0.2, -0.15) is 0 Å². The van der Waals surface area contributed by atoms with Crippen molar-refractivity contribution in [1.29, 1.82) is 0 Å². The Morgan fingerprint density at radius 2 is 1.19 bits per heavy atom. The van der Waals surface area contributed by atoms with Crippen LogP contribution >= 0.6 is 0 Å². The van der Waals surface area contributed by atoms with Crippen molar-refractivity contribution in [3.8, 4) is 22.5 Å². The number of ether oxygens (including phenoxy) is 2. The first kappa shape index (κ1) is 59.0. The lowest BCUT2D eigenvalue weighted by Gasteiger charge is -2.62. The zero-order valence-corrected chi connectivity index (χ0v) is 52.7. The minimum absolute atomic E-state index is 0.0233. The van der Waals surface area contributed by atoms with Crippen molar-refractivity contribution >= 4 is 39.5 Å². The van der Waals surface area contributed by atoms with Gasteiger partial charge >= 0.3 is 11.9 Å². The van der Waals surface area contributed by atoms with Crippen LogP contribution in [0.5, 0.6) is 0 Å². The predicted octanol–water partition coefficient (Wildman–Crippen LogP) is 13.8. The van der Waals surface area contributed by atoms with Crippen LogP contribution in [0.15, 0.2) is 48.8 Å². The van der Waals surface area contributed by atoms with Gasteiger partial charge in [0.05, 0.1) is 31.6 Å². The number of nitrogens with zero attached hydrogens (tertiary/aromatic N) is 7. The molecule has 0 spiro atoms. The average Bonchev–Trinajstić information content (AvgIpc) is 1.87. The monoisotopic (exact) mass is 1160 g/mol. The number of hydrogen-bond donors (Lipinski definition) is 2. The van der Waals surface area contributed by atoms with Crippen LogP contribution in [-0.4, -0.2) is 82.7 Å². The number of hydrogen-bond acceptors (Lipinski definition) is 11. The summed E-state index contributed by atoms with van der Waals surface area (Å²) in [5.41, 5.74) is 12.2. The van der Waals surface area contributed by atoms with Gasteiger partial charge < -0.3 is 29.7 Å². The number of rotatable bonds is 17. The van der Waals surface area contributed by atoms with Crippen molar-refractivity contribution in [1.82, 2.24) is 34.6 Å². The number of Topliss-reactive ketones (excluding diaryl/α,β-unsaturated/α-hetero) is 1. The Morgan fingerprint density at radius 3 is 1.78 bits per heavy atom. The predicted molar refractivity (Wildman–Crippen MR) is 331 cm³/mol. The van der Waals surface area contributed by atoms with E-state index in [1.54, 1.807) is 11.6 Å². The molecule has 14 heteroatoms. The molecule has 0 amide bonds. The first-order chi connectivity index (χ1) is 40.7. The number of aromatic nitrogens is 7. The number of methoxy groups -OCH3 is 1. The molecule has 5 aromatic rings. The Labute approximate surface area is 505 Å². The molecule has 460 valence electrons. The molecule has 8 fully saturated rings. The summed E-state index contributed by atoms with van der Waals surface area (Å²) in [7, 11) is 1.50. The first-order valence-electron chi connectivity index (χ1n) is 33.8.